The van der Waals surface area contributed by atoms with Crippen LogP contribution in [0.15, 0.2) is 109 Å². The number of rotatable bonds is 5. The molecule has 1 N–H and O–H groups in total. The molecule has 1 fully saturated rings. The summed E-state index contributed by atoms with van der Waals surface area (Å²) in [6.45, 7) is 2.02. The molecule has 41 heavy (non-hydrogen) atoms. The smallest absolute Gasteiger partial charge is 0.238 e. The van der Waals surface area contributed by atoms with E-state index in [0.717, 1.165) is 22.4 Å². The molecule has 6 heteroatoms. The van der Waals surface area contributed by atoms with Gasteiger partial charge in [0.15, 0.2) is 11.6 Å². The lowest BCUT2D eigenvalue weighted by atomic mass is 9.64. The summed E-state index contributed by atoms with van der Waals surface area (Å²) in [4.78, 5) is 45.9. The summed E-state index contributed by atoms with van der Waals surface area (Å²) in [5, 5.41) is 3.08. The Bertz CT molecular complexity index is 1740. The summed E-state index contributed by atoms with van der Waals surface area (Å²) in [6, 6.07) is 29.9. The van der Waals surface area contributed by atoms with Crippen LogP contribution in [-0.4, -0.2) is 36.7 Å². The Morgan fingerprint density at radius 1 is 0.805 bits per heavy atom. The van der Waals surface area contributed by atoms with Crippen LogP contribution in [0.4, 0.5) is 11.4 Å². The van der Waals surface area contributed by atoms with E-state index in [0.29, 0.717) is 22.6 Å². The fourth-order valence-corrected chi connectivity index (χ4v) is 7.10. The van der Waals surface area contributed by atoms with Crippen molar-refractivity contribution in [2.24, 2.45) is 5.92 Å². The molecule has 1 saturated heterocycles. The molecule has 0 radical (unpaired) electrons. The van der Waals surface area contributed by atoms with Gasteiger partial charge in [-0.1, -0.05) is 72.8 Å². The number of methoxy groups -OCH3 is 1. The fraction of sp³-hybridized carbons (Fsp3) is 0.171. The van der Waals surface area contributed by atoms with Crippen LogP contribution in [-0.2, 0) is 10.2 Å². The summed E-state index contributed by atoms with van der Waals surface area (Å²) in [5.41, 5.74) is 3.82. The van der Waals surface area contributed by atoms with Gasteiger partial charge in [-0.2, -0.15) is 0 Å². The highest BCUT2D eigenvalue weighted by atomic mass is 16.5. The molecule has 0 bridgehead atoms. The van der Waals surface area contributed by atoms with Crippen LogP contribution >= 0.6 is 0 Å². The molecule has 7 rings (SSSR count). The van der Waals surface area contributed by atoms with Gasteiger partial charge in [0.05, 0.1) is 19.1 Å². The number of amides is 1. The Hall–Kier alpha value is -4.97. The average Bonchev–Trinajstić information content (AvgIpc) is 3.49. The molecule has 3 aliphatic rings. The molecule has 202 valence electrons. The number of nitrogens with one attached hydrogen (secondary N) is 1. The summed E-state index contributed by atoms with van der Waals surface area (Å²) in [5.74, 6) is -1.09. The number of carbonyl (C=O) groups excluding carboxylic acids is 3. The van der Waals surface area contributed by atoms with Gasteiger partial charge in [-0.05, 0) is 54.5 Å². The molecule has 0 saturated carbocycles. The first kappa shape index (κ1) is 25.0. The van der Waals surface area contributed by atoms with E-state index in [4.69, 9.17) is 4.74 Å². The topological polar surface area (TPSA) is 75.7 Å². The van der Waals surface area contributed by atoms with Gasteiger partial charge in [-0.25, -0.2) is 0 Å². The van der Waals surface area contributed by atoms with E-state index < -0.39 is 23.4 Å². The van der Waals surface area contributed by atoms with Crippen LogP contribution in [0.1, 0.15) is 38.8 Å². The van der Waals surface area contributed by atoms with Gasteiger partial charge >= 0.3 is 0 Å². The van der Waals surface area contributed by atoms with Gasteiger partial charge in [-0.15, -0.1) is 0 Å². The van der Waals surface area contributed by atoms with Crippen molar-refractivity contribution in [1.29, 1.82) is 0 Å². The van der Waals surface area contributed by atoms with Gasteiger partial charge in [-0.3, -0.25) is 14.4 Å². The quantitative estimate of drug-likeness (QED) is 0.317. The fourth-order valence-electron chi connectivity index (χ4n) is 7.10. The van der Waals surface area contributed by atoms with Crippen molar-refractivity contribution in [3.05, 3.63) is 131 Å². The van der Waals surface area contributed by atoms with E-state index in [1.807, 2.05) is 78.6 Å². The third kappa shape index (κ3) is 3.46. The second-order valence-electron chi connectivity index (χ2n) is 10.8. The van der Waals surface area contributed by atoms with Crippen molar-refractivity contribution in [2.75, 3.05) is 17.3 Å². The summed E-state index contributed by atoms with van der Waals surface area (Å²) in [6.07, 6.45) is 2.07. The third-order valence-corrected chi connectivity index (χ3v) is 8.87. The maximum absolute atomic E-state index is 14.7. The molecule has 6 nitrogen and oxygen atoms in total. The number of carbonyl (C=O) groups is 3. The lowest BCUT2D eigenvalue weighted by Gasteiger charge is -2.39. The summed E-state index contributed by atoms with van der Waals surface area (Å²) < 4.78 is 5.33. The number of fused-ring (bicyclic) bond motifs is 6. The number of ether oxygens (including phenoxy) is 1. The zero-order chi connectivity index (χ0) is 28.3. The van der Waals surface area contributed by atoms with Gasteiger partial charge in [0, 0.05) is 28.1 Å². The zero-order valence-electron chi connectivity index (χ0n) is 22.7. The van der Waals surface area contributed by atoms with Crippen LogP contribution in [0.25, 0.3) is 5.57 Å². The maximum atomic E-state index is 14.7. The molecule has 0 aromatic heterocycles. The standard InChI is InChI=1S/C35H28N2O4/c1-21-20-29-35(26-13-7-8-14-27(26)36-34(35)40)30(32(38)22-10-4-3-5-11-22)31(37(29)28-15-9-6-12-25(21)28)33(39)23-16-18-24(41-2)19-17-23/h3-20,29-31H,1-2H3,(H,36,40). The van der Waals surface area contributed by atoms with Crippen LogP contribution in [0.5, 0.6) is 5.75 Å². The first-order valence-electron chi connectivity index (χ1n) is 13.7. The number of allylic oxidation sites excluding steroid dienone is 1. The minimum Gasteiger partial charge on any atom is -0.497 e. The van der Waals surface area contributed by atoms with E-state index in [-0.39, 0.29) is 17.5 Å². The lowest BCUT2D eigenvalue weighted by Crippen LogP contribution is -2.51. The van der Waals surface area contributed by atoms with Crippen molar-refractivity contribution in [3.63, 3.8) is 0 Å². The van der Waals surface area contributed by atoms with Crippen LogP contribution in [0.3, 0.4) is 0 Å². The summed E-state index contributed by atoms with van der Waals surface area (Å²) >= 11 is 0. The first-order valence-corrected chi connectivity index (χ1v) is 13.7. The van der Waals surface area contributed by atoms with Crippen LogP contribution < -0.4 is 15.0 Å². The highest BCUT2D eigenvalue weighted by Gasteiger charge is 2.70. The van der Waals surface area contributed by atoms with E-state index in [2.05, 4.69) is 11.4 Å². The SMILES string of the molecule is COc1ccc(C(=O)C2C(C(=O)c3ccccc3)C3(C(=O)Nc4ccccc43)C3C=C(C)c4ccccc4N23)cc1. The number of para-hydroxylation sites is 2. The maximum Gasteiger partial charge on any atom is 0.238 e. The monoisotopic (exact) mass is 540 g/mol. The average molecular weight is 541 g/mol. The number of anilines is 2. The number of hydrogen-bond donors (Lipinski definition) is 1. The van der Waals surface area contributed by atoms with Gasteiger partial charge in [0.25, 0.3) is 0 Å². The minimum atomic E-state index is -1.33. The Labute approximate surface area is 238 Å². The Balaban J connectivity index is 1.54. The number of benzene rings is 4. The van der Waals surface area contributed by atoms with Crippen molar-refractivity contribution in [2.45, 2.75) is 24.4 Å². The van der Waals surface area contributed by atoms with Gasteiger partial charge in [0.1, 0.15) is 17.2 Å². The highest BCUT2D eigenvalue weighted by Crippen LogP contribution is 2.58. The molecular weight excluding hydrogens is 512 g/mol. The van der Waals surface area contributed by atoms with Crippen molar-refractivity contribution < 1.29 is 19.1 Å². The van der Waals surface area contributed by atoms with E-state index in [1.54, 1.807) is 43.5 Å². The van der Waals surface area contributed by atoms with E-state index in [1.165, 1.54) is 0 Å². The molecule has 1 amide bonds. The predicted octanol–water partition coefficient (Wildman–Crippen LogP) is 5.94. The van der Waals surface area contributed by atoms with Crippen molar-refractivity contribution >= 4 is 34.4 Å². The molecule has 3 heterocycles. The van der Waals surface area contributed by atoms with Gasteiger partial charge in [0.2, 0.25) is 5.91 Å². The highest BCUT2D eigenvalue weighted by molar-refractivity contribution is 6.18. The Morgan fingerprint density at radius 3 is 2.22 bits per heavy atom. The molecule has 4 atom stereocenters. The van der Waals surface area contributed by atoms with Crippen LogP contribution in [0, 0.1) is 5.92 Å². The molecule has 0 aliphatic carbocycles. The van der Waals surface area contributed by atoms with E-state index >= 15 is 0 Å². The normalized spacial score (nSPS) is 23.8. The number of ketones is 2. The number of nitrogens with zero attached hydrogens (tertiary/aromatic N) is 1. The molecule has 4 aromatic rings. The largest absolute Gasteiger partial charge is 0.497 e. The Morgan fingerprint density at radius 2 is 1.46 bits per heavy atom. The molecule has 1 spiro atoms. The van der Waals surface area contributed by atoms with Crippen LogP contribution in [0.2, 0.25) is 0 Å². The number of Topliss-reactive ketones (excluding diaryl/α,β-unsaturated/α-hetero) is 2. The number of hydrogen-bond acceptors (Lipinski definition) is 5. The Kier molecular flexibility index (Phi) is 5.68. The van der Waals surface area contributed by atoms with Gasteiger partial charge < -0.3 is 15.0 Å². The molecule has 3 aliphatic heterocycles. The molecule has 4 aromatic carbocycles. The second-order valence-corrected chi connectivity index (χ2v) is 10.8. The third-order valence-electron chi connectivity index (χ3n) is 8.87. The second kappa shape index (κ2) is 9.30. The zero-order valence-corrected chi connectivity index (χ0v) is 22.7. The van der Waals surface area contributed by atoms with Crippen molar-refractivity contribution in [1.82, 2.24) is 0 Å². The predicted molar refractivity (Wildman–Crippen MR) is 158 cm³/mol. The molecule has 4 unspecified atom stereocenters. The van der Waals surface area contributed by atoms with Crippen molar-refractivity contribution in [3.8, 4) is 5.75 Å². The lowest BCUT2D eigenvalue weighted by molar-refractivity contribution is -0.121. The first-order chi connectivity index (χ1) is 20.0. The van der Waals surface area contributed by atoms with E-state index in [9.17, 15) is 14.4 Å². The summed E-state index contributed by atoms with van der Waals surface area (Å²) in [7, 11) is 1.58. The minimum absolute atomic E-state index is 0.219. The molecular formula is C35H28N2O4.